The lowest BCUT2D eigenvalue weighted by Gasteiger charge is -2.51. The fourth-order valence-corrected chi connectivity index (χ4v) is 3.92. The van der Waals surface area contributed by atoms with Crippen LogP contribution in [-0.4, -0.2) is 30.1 Å². The molecule has 1 saturated carbocycles. The van der Waals surface area contributed by atoms with Crippen molar-refractivity contribution in [1.82, 2.24) is 10.2 Å². The van der Waals surface area contributed by atoms with E-state index in [2.05, 4.69) is 61.3 Å². The van der Waals surface area contributed by atoms with E-state index in [-0.39, 0.29) is 5.54 Å². The highest BCUT2D eigenvalue weighted by Crippen LogP contribution is 2.43. The fraction of sp³-hybridized carbons (Fsp3) is 0.684. The molecule has 1 heterocycles. The molecule has 2 aliphatic rings. The summed E-state index contributed by atoms with van der Waals surface area (Å²) in [6.45, 7) is 10.7. The first-order valence-electron chi connectivity index (χ1n) is 8.58. The first-order chi connectivity index (χ1) is 10.0. The second kappa shape index (κ2) is 5.73. The van der Waals surface area contributed by atoms with Crippen LogP contribution in [0.3, 0.4) is 0 Å². The molecule has 0 bridgehead atoms. The van der Waals surface area contributed by atoms with Crippen molar-refractivity contribution in [2.24, 2.45) is 5.41 Å². The molecule has 2 unspecified atom stereocenters. The van der Waals surface area contributed by atoms with Crippen LogP contribution in [0, 0.1) is 5.41 Å². The van der Waals surface area contributed by atoms with E-state index in [1.165, 1.54) is 44.3 Å². The molecule has 116 valence electrons. The van der Waals surface area contributed by atoms with Crippen LogP contribution >= 0.6 is 0 Å². The molecule has 2 heteroatoms. The van der Waals surface area contributed by atoms with Crippen molar-refractivity contribution in [3.05, 3.63) is 35.9 Å². The van der Waals surface area contributed by atoms with Gasteiger partial charge in [0.25, 0.3) is 0 Å². The summed E-state index contributed by atoms with van der Waals surface area (Å²) in [7, 11) is 0. The molecule has 0 radical (unpaired) electrons. The maximum atomic E-state index is 3.80. The number of nitrogens with zero attached hydrogens (tertiary/aromatic N) is 1. The number of rotatable bonds is 4. The number of piperazine rings is 1. The lowest BCUT2D eigenvalue weighted by molar-refractivity contribution is 0.0148. The topological polar surface area (TPSA) is 15.3 Å². The zero-order valence-electron chi connectivity index (χ0n) is 13.9. The molecule has 0 amide bonds. The minimum atomic E-state index is 0.269. The fourth-order valence-electron chi connectivity index (χ4n) is 3.92. The molecule has 1 N–H and O–H groups in total. The highest BCUT2D eigenvalue weighted by Gasteiger charge is 2.40. The highest BCUT2D eigenvalue weighted by molar-refractivity contribution is 5.21. The van der Waals surface area contributed by atoms with Gasteiger partial charge in [-0.05, 0) is 37.2 Å². The monoisotopic (exact) mass is 286 g/mol. The Morgan fingerprint density at radius 2 is 1.90 bits per heavy atom. The van der Waals surface area contributed by atoms with Crippen molar-refractivity contribution in [2.45, 2.75) is 58.0 Å². The minimum Gasteiger partial charge on any atom is -0.308 e. The summed E-state index contributed by atoms with van der Waals surface area (Å²) in [6, 6.07) is 11.6. The van der Waals surface area contributed by atoms with Crippen LogP contribution in [-0.2, 0) is 0 Å². The Balaban J connectivity index is 1.80. The molecule has 3 rings (SSSR count). The Hall–Kier alpha value is -0.860. The van der Waals surface area contributed by atoms with E-state index < -0.39 is 0 Å². The Bertz CT molecular complexity index is 464. The van der Waals surface area contributed by atoms with Crippen LogP contribution in [0.5, 0.6) is 0 Å². The minimum absolute atomic E-state index is 0.269. The van der Waals surface area contributed by atoms with Gasteiger partial charge in [0.15, 0.2) is 0 Å². The molecular formula is C19H30N2. The summed E-state index contributed by atoms with van der Waals surface area (Å²) >= 11 is 0. The smallest absolute Gasteiger partial charge is 0.0473 e. The van der Waals surface area contributed by atoms with Crippen molar-refractivity contribution in [3.63, 3.8) is 0 Å². The van der Waals surface area contributed by atoms with Gasteiger partial charge in [-0.2, -0.15) is 0 Å². The third-order valence-electron chi connectivity index (χ3n) is 5.83. The third-order valence-corrected chi connectivity index (χ3v) is 5.83. The van der Waals surface area contributed by atoms with Crippen LogP contribution < -0.4 is 5.32 Å². The summed E-state index contributed by atoms with van der Waals surface area (Å²) in [5, 5.41) is 3.80. The molecular weight excluding hydrogens is 256 g/mol. The van der Waals surface area contributed by atoms with Gasteiger partial charge in [0.1, 0.15) is 0 Å². The van der Waals surface area contributed by atoms with Gasteiger partial charge in [0, 0.05) is 31.2 Å². The van der Waals surface area contributed by atoms with Gasteiger partial charge in [-0.1, -0.05) is 50.6 Å². The second-order valence-electron chi connectivity index (χ2n) is 7.79. The molecule has 2 atom stereocenters. The molecule has 1 aliphatic carbocycles. The van der Waals surface area contributed by atoms with E-state index in [1.807, 2.05) is 0 Å². The van der Waals surface area contributed by atoms with Gasteiger partial charge in [-0.25, -0.2) is 0 Å². The van der Waals surface area contributed by atoms with Gasteiger partial charge < -0.3 is 5.32 Å². The summed E-state index contributed by atoms with van der Waals surface area (Å²) < 4.78 is 0. The molecule has 1 aromatic carbocycles. The number of hydrogen-bond donors (Lipinski definition) is 1. The normalized spacial score (nSPS) is 32.6. The number of nitrogens with one attached hydrogen (secondary N) is 1. The van der Waals surface area contributed by atoms with E-state index in [0.29, 0.717) is 11.5 Å². The van der Waals surface area contributed by atoms with Gasteiger partial charge in [0.2, 0.25) is 0 Å². The predicted octanol–water partition coefficient (Wildman–Crippen LogP) is 3.99. The summed E-state index contributed by atoms with van der Waals surface area (Å²) in [4.78, 5) is 2.76. The van der Waals surface area contributed by atoms with E-state index in [1.54, 1.807) is 0 Å². The standard InChI is InChI=1S/C19H30N2/c1-4-19(3)15-21(14-18(2)11-8-12-18)17(13-20-19)16-9-6-5-7-10-16/h5-7,9-10,17,20H,4,8,11-15H2,1-3H3. The van der Waals surface area contributed by atoms with Crippen molar-refractivity contribution < 1.29 is 0 Å². The second-order valence-corrected chi connectivity index (χ2v) is 7.79. The third kappa shape index (κ3) is 3.17. The molecule has 2 fully saturated rings. The zero-order valence-corrected chi connectivity index (χ0v) is 13.9. The summed E-state index contributed by atoms with van der Waals surface area (Å²) in [5.41, 5.74) is 2.29. The molecule has 0 spiro atoms. The van der Waals surface area contributed by atoms with Crippen LogP contribution in [0.1, 0.15) is 58.1 Å². The Morgan fingerprint density at radius 3 is 2.48 bits per heavy atom. The Kier molecular flexibility index (Phi) is 4.11. The van der Waals surface area contributed by atoms with Gasteiger partial charge in [-0.3, -0.25) is 4.90 Å². The molecule has 21 heavy (non-hydrogen) atoms. The molecule has 2 nitrogen and oxygen atoms in total. The summed E-state index contributed by atoms with van der Waals surface area (Å²) in [6.07, 6.45) is 5.42. The summed E-state index contributed by atoms with van der Waals surface area (Å²) in [5.74, 6) is 0. The van der Waals surface area contributed by atoms with Crippen molar-refractivity contribution in [3.8, 4) is 0 Å². The number of benzene rings is 1. The van der Waals surface area contributed by atoms with Crippen molar-refractivity contribution in [2.75, 3.05) is 19.6 Å². The molecule has 1 aromatic rings. The lowest BCUT2D eigenvalue weighted by atomic mass is 9.69. The van der Waals surface area contributed by atoms with Crippen LogP contribution in [0.4, 0.5) is 0 Å². The van der Waals surface area contributed by atoms with Gasteiger partial charge in [0.05, 0.1) is 0 Å². The maximum Gasteiger partial charge on any atom is 0.0473 e. The Labute approximate surface area is 129 Å². The molecule has 0 aromatic heterocycles. The average molecular weight is 286 g/mol. The average Bonchev–Trinajstić information content (AvgIpc) is 2.47. The quantitative estimate of drug-likeness (QED) is 0.900. The maximum absolute atomic E-state index is 3.80. The van der Waals surface area contributed by atoms with E-state index >= 15 is 0 Å². The lowest BCUT2D eigenvalue weighted by Crippen LogP contribution is -2.61. The van der Waals surface area contributed by atoms with Crippen molar-refractivity contribution in [1.29, 1.82) is 0 Å². The van der Waals surface area contributed by atoms with Crippen molar-refractivity contribution >= 4 is 0 Å². The van der Waals surface area contributed by atoms with E-state index in [0.717, 1.165) is 6.54 Å². The van der Waals surface area contributed by atoms with Crippen LogP contribution in [0.25, 0.3) is 0 Å². The van der Waals surface area contributed by atoms with Crippen LogP contribution in [0.2, 0.25) is 0 Å². The highest BCUT2D eigenvalue weighted by atomic mass is 15.3. The van der Waals surface area contributed by atoms with E-state index in [9.17, 15) is 0 Å². The van der Waals surface area contributed by atoms with Gasteiger partial charge in [-0.15, -0.1) is 0 Å². The SMILES string of the molecule is CCC1(C)CN(CC2(C)CCC2)C(c2ccccc2)CN1. The van der Waals surface area contributed by atoms with E-state index in [4.69, 9.17) is 0 Å². The van der Waals surface area contributed by atoms with Crippen LogP contribution in [0.15, 0.2) is 30.3 Å². The zero-order chi connectivity index (χ0) is 14.9. The molecule has 1 aliphatic heterocycles. The predicted molar refractivity (Wildman–Crippen MR) is 89.4 cm³/mol. The Morgan fingerprint density at radius 1 is 1.19 bits per heavy atom. The molecule has 1 saturated heterocycles. The number of hydrogen-bond acceptors (Lipinski definition) is 2. The first kappa shape index (κ1) is 15.1. The first-order valence-corrected chi connectivity index (χ1v) is 8.58. The largest absolute Gasteiger partial charge is 0.308 e. The van der Waals surface area contributed by atoms with Gasteiger partial charge >= 0.3 is 0 Å².